The first-order chi connectivity index (χ1) is 9.78. The van der Waals surface area contributed by atoms with Crippen LogP contribution in [0.15, 0.2) is 41.6 Å². The Morgan fingerprint density at radius 2 is 2.10 bits per heavy atom. The molecule has 1 heterocycles. The van der Waals surface area contributed by atoms with Crippen LogP contribution in [0.1, 0.15) is 27.9 Å². The number of pyridine rings is 1. The number of carbonyl (C=O) groups is 1. The van der Waals surface area contributed by atoms with E-state index in [4.69, 9.17) is 0 Å². The van der Waals surface area contributed by atoms with Crippen molar-refractivity contribution in [2.75, 3.05) is 11.6 Å². The summed E-state index contributed by atoms with van der Waals surface area (Å²) in [5.41, 5.74) is 4.26. The first-order valence-electron chi connectivity index (χ1n) is 6.70. The summed E-state index contributed by atoms with van der Waals surface area (Å²) in [5.74, 6) is -0.0969. The molecule has 0 spiro atoms. The van der Waals surface area contributed by atoms with E-state index < -0.39 is 0 Å². The number of benzene rings is 1. The third kappa shape index (κ3) is 2.56. The Labute approximate surface area is 122 Å². The van der Waals surface area contributed by atoms with Gasteiger partial charge in [-0.3, -0.25) is 4.79 Å². The molecule has 0 saturated heterocycles. The zero-order valence-corrected chi connectivity index (χ0v) is 12.2. The van der Waals surface area contributed by atoms with Crippen LogP contribution in [-0.4, -0.2) is 17.1 Å². The lowest BCUT2D eigenvalue weighted by Gasteiger charge is -2.09. The van der Waals surface area contributed by atoms with E-state index in [-0.39, 0.29) is 5.91 Å². The smallest absolute Gasteiger partial charge is 0.258 e. The van der Waals surface area contributed by atoms with Crippen LogP contribution in [0, 0.1) is 0 Å². The van der Waals surface area contributed by atoms with E-state index in [0.29, 0.717) is 5.56 Å². The van der Waals surface area contributed by atoms with Crippen LogP contribution in [0.5, 0.6) is 0 Å². The second-order valence-electron chi connectivity index (χ2n) is 4.85. The minimum absolute atomic E-state index is 0.0969. The fourth-order valence-corrected chi connectivity index (χ4v) is 3.12. The van der Waals surface area contributed by atoms with Gasteiger partial charge in [-0.05, 0) is 60.9 Å². The highest BCUT2D eigenvalue weighted by Crippen LogP contribution is 2.25. The van der Waals surface area contributed by atoms with E-state index in [2.05, 4.69) is 22.4 Å². The second-order valence-corrected chi connectivity index (χ2v) is 5.65. The maximum atomic E-state index is 12.3. The molecule has 1 aliphatic carbocycles. The average molecular weight is 284 g/mol. The highest BCUT2D eigenvalue weighted by molar-refractivity contribution is 7.98. The number of thioether (sulfide) groups is 1. The lowest BCUT2D eigenvalue weighted by molar-refractivity contribution is 0.102. The van der Waals surface area contributed by atoms with Crippen molar-refractivity contribution in [3.63, 3.8) is 0 Å². The number of aryl methyl sites for hydroxylation is 2. The number of fused-ring (bicyclic) bond motifs is 1. The number of rotatable bonds is 3. The predicted molar refractivity (Wildman–Crippen MR) is 82.4 cm³/mol. The van der Waals surface area contributed by atoms with Crippen molar-refractivity contribution in [2.24, 2.45) is 0 Å². The number of nitrogens with zero attached hydrogens (tertiary/aromatic N) is 1. The topological polar surface area (TPSA) is 42.0 Å². The molecule has 0 radical (unpaired) electrons. The van der Waals surface area contributed by atoms with Crippen LogP contribution in [0.25, 0.3) is 0 Å². The summed E-state index contributed by atoms with van der Waals surface area (Å²) in [5, 5.41) is 3.73. The van der Waals surface area contributed by atoms with Gasteiger partial charge in [0.15, 0.2) is 0 Å². The highest BCUT2D eigenvalue weighted by Gasteiger charge is 2.14. The third-order valence-electron chi connectivity index (χ3n) is 3.57. The number of nitrogens with one attached hydrogen (secondary N) is 1. The molecule has 0 saturated carbocycles. The molecule has 0 bridgehead atoms. The van der Waals surface area contributed by atoms with Crippen molar-refractivity contribution < 1.29 is 4.79 Å². The molecule has 1 amide bonds. The maximum absolute atomic E-state index is 12.3. The van der Waals surface area contributed by atoms with Gasteiger partial charge in [0.05, 0.1) is 5.56 Å². The van der Waals surface area contributed by atoms with Gasteiger partial charge in [-0.15, -0.1) is 11.8 Å². The predicted octanol–water partition coefficient (Wildman–Crippen LogP) is 3.54. The minimum Gasteiger partial charge on any atom is -0.322 e. The van der Waals surface area contributed by atoms with Crippen molar-refractivity contribution in [1.82, 2.24) is 4.98 Å². The first kappa shape index (κ1) is 13.2. The molecule has 20 heavy (non-hydrogen) atoms. The number of anilines is 1. The lowest BCUT2D eigenvalue weighted by Crippen LogP contribution is -2.13. The van der Waals surface area contributed by atoms with Crippen molar-refractivity contribution in [3.05, 3.63) is 53.2 Å². The summed E-state index contributed by atoms with van der Waals surface area (Å²) in [6, 6.07) is 9.79. The molecule has 102 valence electrons. The number of amides is 1. The molecule has 1 aliphatic rings. The zero-order chi connectivity index (χ0) is 13.9. The lowest BCUT2D eigenvalue weighted by atomic mass is 10.1. The molecular formula is C16H16N2OS. The van der Waals surface area contributed by atoms with Crippen LogP contribution < -0.4 is 5.32 Å². The van der Waals surface area contributed by atoms with Crippen molar-refractivity contribution in [2.45, 2.75) is 24.3 Å². The normalized spacial score (nSPS) is 13.1. The number of hydrogen-bond acceptors (Lipinski definition) is 3. The van der Waals surface area contributed by atoms with E-state index in [1.54, 1.807) is 12.3 Å². The fraction of sp³-hybridized carbons (Fsp3) is 0.250. The number of hydrogen-bond donors (Lipinski definition) is 1. The molecule has 1 N–H and O–H groups in total. The molecule has 3 nitrogen and oxygen atoms in total. The third-order valence-corrected chi connectivity index (χ3v) is 4.28. The van der Waals surface area contributed by atoms with Gasteiger partial charge in [0.2, 0.25) is 0 Å². The quantitative estimate of drug-likeness (QED) is 0.877. The van der Waals surface area contributed by atoms with E-state index in [0.717, 1.165) is 23.6 Å². The van der Waals surface area contributed by atoms with Gasteiger partial charge in [0.1, 0.15) is 5.03 Å². The molecular weight excluding hydrogens is 268 g/mol. The first-order valence-corrected chi connectivity index (χ1v) is 7.92. The summed E-state index contributed by atoms with van der Waals surface area (Å²) >= 11 is 1.48. The average Bonchev–Trinajstić information content (AvgIpc) is 2.94. The Morgan fingerprint density at radius 3 is 2.95 bits per heavy atom. The molecule has 1 aromatic heterocycles. The molecule has 3 rings (SSSR count). The SMILES string of the molecule is CSc1ncccc1C(=O)Nc1ccc2c(c1)CCC2. The fourth-order valence-electron chi connectivity index (χ4n) is 2.57. The Balaban J connectivity index is 1.82. The standard InChI is InChI=1S/C16H16N2OS/c1-20-16-14(6-3-9-17-16)15(19)18-13-8-7-11-4-2-5-12(11)10-13/h3,6-10H,2,4-5H2,1H3,(H,18,19). The molecule has 0 unspecified atom stereocenters. The van der Waals surface area contributed by atoms with Gasteiger partial charge in [0.25, 0.3) is 5.91 Å². The number of carbonyl (C=O) groups excluding carboxylic acids is 1. The zero-order valence-electron chi connectivity index (χ0n) is 11.3. The van der Waals surface area contributed by atoms with Crippen LogP contribution in [0.3, 0.4) is 0 Å². The Hall–Kier alpha value is -1.81. The summed E-state index contributed by atoms with van der Waals surface area (Å²) in [7, 11) is 0. The van der Waals surface area contributed by atoms with Crippen LogP contribution in [0.2, 0.25) is 0 Å². The van der Waals surface area contributed by atoms with Gasteiger partial charge in [0, 0.05) is 11.9 Å². The maximum Gasteiger partial charge on any atom is 0.258 e. The van der Waals surface area contributed by atoms with Crippen molar-refractivity contribution in [1.29, 1.82) is 0 Å². The summed E-state index contributed by atoms with van der Waals surface area (Å²) in [4.78, 5) is 16.5. The Kier molecular flexibility index (Phi) is 3.74. The summed E-state index contributed by atoms with van der Waals surface area (Å²) in [6.45, 7) is 0. The molecule has 0 fully saturated rings. The monoisotopic (exact) mass is 284 g/mol. The molecule has 0 atom stereocenters. The summed E-state index contributed by atoms with van der Waals surface area (Å²) in [6.07, 6.45) is 7.11. The molecule has 4 heteroatoms. The van der Waals surface area contributed by atoms with Gasteiger partial charge in [-0.25, -0.2) is 4.98 Å². The Morgan fingerprint density at radius 1 is 1.25 bits per heavy atom. The van der Waals surface area contributed by atoms with Crippen molar-refractivity contribution in [3.8, 4) is 0 Å². The van der Waals surface area contributed by atoms with E-state index in [1.165, 1.54) is 29.3 Å². The van der Waals surface area contributed by atoms with Crippen LogP contribution >= 0.6 is 11.8 Å². The largest absolute Gasteiger partial charge is 0.322 e. The number of aromatic nitrogens is 1. The van der Waals surface area contributed by atoms with Gasteiger partial charge >= 0.3 is 0 Å². The highest BCUT2D eigenvalue weighted by atomic mass is 32.2. The summed E-state index contributed by atoms with van der Waals surface area (Å²) < 4.78 is 0. The van der Waals surface area contributed by atoms with E-state index in [1.807, 2.05) is 18.4 Å². The molecule has 0 aliphatic heterocycles. The molecule has 2 aromatic rings. The van der Waals surface area contributed by atoms with Crippen molar-refractivity contribution >= 4 is 23.4 Å². The van der Waals surface area contributed by atoms with Gasteiger partial charge < -0.3 is 5.32 Å². The van der Waals surface area contributed by atoms with Crippen LogP contribution in [-0.2, 0) is 12.8 Å². The van der Waals surface area contributed by atoms with E-state index >= 15 is 0 Å². The Bertz CT molecular complexity index is 655. The van der Waals surface area contributed by atoms with Gasteiger partial charge in [-0.2, -0.15) is 0 Å². The van der Waals surface area contributed by atoms with Crippen LogP contribution in [0.4, 0.5) is 5.69 Å². The van der Waals surface area contributed by atoms with E-state index in [9.17, 15) is 4.79 Å². The minimum atomic E-state index is -0.0969. The molecule has 1 aromatic carbocycles. The van der Waals surface area contributed by atoms with Gasteiger partial charge in [-0.1, -0.05) is 6.07 Å². The second kappa shape index (κ2) is 5.67.